The van der Waals surface area contributed by atoms with Crippen LogP contribution in [0.5, 0.6) is 0 Å². The lowest BCUT2D eigenvalue weighted by Gasteiger charge is -1.84. The Morgan fingerprint density at radius 1 is 2.33 bits per heavy atom. The van der Waals surface area contributed by atoms with Gasteiger partial charge in [-0.15, -0.1) is 6.40 Å². The highest BCUT2D eigenvalue weighted by molar-refractivity contribution is 8.19. The van der Waals surface area contributed by atoms with Gasteiger partial charge < -0.3 is 4.89 Å². The SMILES string of the molecule is [2H]C#CP(F)PO. The van der Waals surface area contributed by atoms with Crippen molar-refractivity contribution < 1.29 is 10.5 Å². The molecule has 0 rings (SSSR count). The second kappa shape index (κ2) is 3.50. The van der Waals surface area contributed by atoms with Gasteiger partial charge in [0.15, 0.2) is 0 Å². The van der Waals surface area contributed by atoms with E-state index in [1.165, 1.54) is 0 Å². The molecule has 0 saturated heterocycles. The molecule has 0 spiro atoms. The van der Waals surface area contributed by atoms with E-state index >= 15 is 0 Å². The Morgan fingerprint density at radius 3 is 3.17 bits per heavy atom. The van der Waals surface area contributed by atoms with Gasteiger partial charge in [0, 0.05) is 0 Å². The maximum absolute atomic E-state index is 11.7. The van der Waals surface area contributed by atoms with E-state index in [-0.39, 0.29) is 0 Å². The number of terminal acetylenes is 1. The maximum atomic E-state index is 11.7. The van der Waals surface area contributed by atoms with E-state index in [4.69, 9.17) is 6.26 Å². The van der Waals surface area contributed by atoms with Crippen molar-refractivity contribution in [1.29, 1.82) is 0 Å². The lowest BCUT2D eigenvalue weighted by atomic mass is 11.4. The molecule has 0 saturated carbocycles. The molecule has 0 amide bonds. The largest absolute Gasteiger partial charge is 0.369 e. The van der Waals surface area contributed by atoms with Crippen LogP contribution in [0.4, 0.5) is 4.20 Å². The molecule has 1 nitrogen and oxygen atoms in total. The predicted molar refractivity (Wildman–Crippen MR) is 27.4 cm³/mol. The molecule has 4 heteroatoms. The molecule has 0 bridgehead atoms. The number of halogens is 1. The first-order valence-electron chi connectivity index (χ1n) is 1.59. The second-order valence-electron chi connectivity index (χ2n) is 0.493. The third-order valence-electron chi connectivity index (χ3n) is 0.186. The lowest BCUT2D eigenvalue weighted by molar-refractivity contribution is 0.657. The molecule has 34 valence electrons. The summed E-state index contributed by atoms with van der Waals surface area (Å²) >= 11 is 0. The van der Waals surface area contributed by atoms with Crippen LogP contribution >= 0.6 is 16.4 Å². The Balaban J connectivity index is 3.29. The summed E-state index contributed by atoms with van der Waals surface area (Å²) < 4.78 is 17.8. The minimum absolute atomic E-state index is 0.757. The van der Waals surface area contributed by atoms with Crippen LogP contribution in [-0.4, -0.2) is 4.89 Å². The molecular weight excluding hydrogens is 121 g/mol. The van der Waals surface area contributed by atoms with E-state index in [2.05, 4.69) is 0 Å². The molecule has 0 aromatic rings. The summed E-state index contributed by atoms with van der Waals surface area (Å²) in [6.07, 6.45) is 1.62. The minimum Gasteiger partial charge on any atom is -0.369 e. The standard InChI is InChI=1S/C2H3FOP2/c1-2-6(3)5-4/h1,4-5H/i1D. The van der Waals surface area contributed by atoms with E-state index in [0.717, 1.165) is 0 Å². The predicted octanol–water partition coefficient (Wildman–Crippen LogP) is 1.44. The molecule has 0 heterocycles. The van der Waals surface area contributed by atoms with Gasteiger partial charge in [0.1, 0.15) is 1.37 Å². The highest BCUT2D eigenvalue weighted by Gasteiger charge is 1.93. The normalized spacial score (nSPS) is 16.0. The van der Waals surface area contributed by atoms with E-state index in [1.54, 1.807) is 6.40 Å². The van der Waals surface area contributed by atoms with Crippen molar-refractivity contribution in [2.75, 3.05) is 0 Å². The second-order valence-corrected chi connectivity index (χ2v) is 3.26. The topological polar surface area (TPSA) is 20.2 Å². The zero-order valence-corrected chi connectivity index (χ0v) is 4.67. The Morgan fingerprint density at radius 2 is 3.00 bits per heavy atom. The van der Waals surface area contributed by atoms with E-state index < -0.39 is 16.4 Å². The third kappa shape index (κ3) is 2.54. The Hall–Kier alpha value is 0.310. The number of hydrogen-bond donors (Lipinski definition) is 1. The van der Waals surface area contributed by atoms with E-state index in [1.807, 2.05) is 5.66 Å². The summed E-state index contributed by atoms with van der Waals surface area (Å²) in [7, 11) is -2.80. The Labute approximate surface area is 40.0 Å². The van der Waals surface area contributed by atoms with Crippen molar-refractivity contribution in [3.8, 4) is 12.1 Å². The maximum Gasteiger partial charge on any atom is 0.206 e. The fourth-order valence-corrected chi connectivity index (χ4v) is 0.225. The van der Waals surface area contributed by atoms with Gasteiger partial charge in [-0.05, 0) is 5.66 Å². The molecule has 0 aromatic carbocycles. The molecule has 0 radical (unpaired) electrons. The van der Waals surface area contributed by atoms with Gasteiger partial charge in [-0.1, -0.05) is 0 Å². The van der Waals surface area contributed by atoms with Crippen molar-refractivity contribution >= 4 is 16.4 Å². The fraction of sp³-hybridized carbons (Fsp3) is 0. The van der Waals surface area contributed by atoms with E-state index in [0.29, 0.717) is 0 Å². The van der Waals surface area contributed by atoms with Crippen molar-refractivity contribution in [2.24, 2.45) is 0 Å². The summed E-state index contributed by atoms with van der Waals surface area (Å²) in [4.78, 5) is 7.96. The van der Waals surface area contributed by atoms with E-state index in [9.17, 15) is 4.20 Å². The molecule has 0 aliphatic carbocycles. The summed E-state index contributed by atoms with van der Waals surface area (Å²) in [5.41, 5.74) is 1.87. The smallest absolute Gasteiger partial charge is 0.206 e. The Bertz CT molecular complexity index is 97.6. The quantitative estimate of drug-likeness (QED) is 0.415. The highest BCUT2D eigenvalue weighted by atomic mass is 32.1. The van der Waals surface area contributed by atoms with Gasteiger partial charge in [-0.25, -0.2) is 4.20 Å². The fourth-order valence-electron chi connectivity index (χ4n) is 0.0250. The molecule has 0 aliphatic rings. The molecule has 0 fully saturated rings. The van der Waals surface area contributed by atoms with Gasteiger partial charge in [0.2, 0.25) is 7.92 Å². The van der Waals surface area contributed by atoms with Gasteiger partial charge in [-0.2, -0.15) is 0 Å². The molecule has 2 atom stereocenters. The molecule has 0 aliphatic heterocycles. The highest BCUT2D eigenvalue weighted by Crippen LogP contribution is 2.52. The Kier molecular flexibility index (Phi) is 2.61. The third-order valence-corrected chi connectivity index (χ3v) is 1.42. The van der Waals surface area contributed by atoms with Gasteiger partial charge in [0.25, 0.3) is 0 Å². The summed E-state index contributed by atoms with van der Waals surface area (Å²) in [5, 5.41) is 0. The first-order chi connectivity index (χ1) is 3.31. The van der Waals surface area contributed by atoms with Crippen LogP contribution in [0.2, 0.25) is 0 Å². The number of rotatable bonds is 1. The van der Waals surface area contributed by atoms with Crippen LogP contribution in [-0.2, 0) is 0 Å². The van der Waals surface area contributed by atoms with Crippen molar-refractivity contribution in [3.05, 3.63) is 0 Å². The molecular formula is C2H3FOP2. The van der Waals surface area contributed by atoms with Crippen LogP contribution in [0.3, 0.4) is 0 Å². The zero-order valence-electron chi connectivity index (χ0n) is 3.77. The minimum atomic E-state index is -2.04. The first kappa shape index (κ1) is 4.47. The van der Waals surface area contributed by atoms with Crippen molar-refractivity contribution in [2.45, 2.75) is 0 Å². The molecule has 6 heavy (non-hydrogen) atoms. The molecule has 0 aromatic heterocycles. The molecule has 2 unspecified atom stereocenters. The average Bonchev–Trinajstić information content (AvgIpc) is 1.68. The van der Waals surface area contributed by atoms with Crippen LogP contribution < -0.4 is 0 Å². The summed E-state index contributed by atoms with van der Waals surface area (Å²) in [6.45, 7) is 0. The van der Waals surface area contributed by atoms with Gasteiger partial charge in [0.05, 0.1) is 8.50 Å². The van der Waals surface area contributed by atoms with Crippen LogP contribution in [0, 0.1) is 12.1 Å². The summed E-state index contributed by atoms with van der Waals surface area (Å²) in [5.74, 6) is 0. The number of hydrogen-bond acceptors (Lipinski definition) is 1. The van der Waals surface area contributed by atoms with Crippen molar-refractivity contribution in [3.63, 3.8) is 0 Å². The van der Waals surface area contributed by atoms with Gasteiger partial charge >= 0.3 is 0 Å². The van der Waals surface area contributed by atoms with Gasteiger partial charge in [-0.3, -0.25) is 0 Å². The van der Waals surface area contributed by atoms with Crippen LogP contribution in [0.25, 0.3) is 0 Å². The monoisotopic (exact) mass is 125 g/mol. The van der Waals surface area contributed by atoms with Crippen molar-refractivity contribution in [1.82, 2.24) is 0 Å². The lowest BCUT2D eigenvalue weighted by Crippen LogP contribution is -1.36. The van der Waals surface area contributed by atoms with Crippen LogP contribution in [0.1, 0.15) is 1.37 Å². The first-order valence-corrected chi connectivity index (χ1v) is 4.11. The zero-order chi connectivity index (χ0) is 5.70. The molecule has 1 N–H and O–H groups in total. The summed E-state index contributed by atoms with van der Waals surface area (Å²) in [6, 6.07) is 0. The average molecular weight is 125 g/mol. The van der Waals surface area contributed by atoms with Crippen LogP contribution in [0.15, 0.2) is 0 Å².